The van der Waals surface area contributed by atoms with Gasteiger partial charge < -0.3 is 5.32 Å². The number of rotatable bonds is 2. The number of nitrogens with one attached hydrogen (secondary N) is 1. The molecule has 1 aliphatic rings. The first-order chi connectivity index (χ1) is 7.37. The largest absolute Gasteiger partial charge is 0.353 e. The van der Waals surface area contributed by atoms with Gasteiger partial charge in [0.15, 0.2) is 0 Å². The normalized spacial score (nSPS) is 22.9. The van der Waals surface area contributed by atoms with E-state index in [0.29, 0.717) is 0 Å². The van der Waals surface area contributed by atoms with Crippen molar-refractivity contribution in [1.82, 2.24) is 5.32 Å². The van der Waals surface area contributed by atoms with Crippen molar-refractivity contribution in [2.45, 2.75) is 5.66 Å². The summed E-state index contributed by atoms with van der Waals surface area (Å²) in [7, 11) is 0. The Morgan fingerprint density at radius 1 is 1.33 bits per heavy atom. The van der Waals surface area contributed by atoms with Crippen LogP contribution in [0, 0.1) is 0 Å². The van der Waals surface area contributed by atoms with Crippen LogP contribution in [0.2, 0.25) is 0 Å². The van der Waals surface area contributed by atoms with Crippen LogP contribution < -0.4 is 5.32 Å². The van der Waals surface area contributed by atoms with Crippen molar-refractivity contribution in [2.24, 2.45) is 9.98 Å². The van der Waals surface area contributed by atoms with Crippen molar-refractivity contribution in [3.63, 3.8) is 0 Å². The van der Waals surface area contributed by atoms with Crippen LogP contribution in [0.5, 0.6) is 0 Å². The predicted molar refractivity (Wildman–Crippen MR) is 57.0 cm³/mol. The minimum atomic E-state index is -0.950. The Kier molecular flexibility index (Phi) is 2.44. The van der Waals surface area contributed by atoms with E-state index in [-0.39, 0.29) is 0 Å². The van der Waals surface area contributed by atoms with Crippen molar-refractivity contribution in [3.05, 3.63) is 48.2 Å². The fourth-order valence-corrected chi connectivity index (χ4v) is 1.44. The smallest absolute Gasteiger partial charge is 0.238 e. The summed E-state index contributed by atoms with van der Waals surface area (Å²) < 4.78 is 0. The molecular weight excluding hydrogens is 190 g/mol. The highest BCUT2D eigenvalue weighted by Gasteiger charge is 2.28. The zero-order valence-corrected chi connectivity index (χ0v) is 7.92. The van der Waals surface area contributed by atoms with Gasteiger partial charge in [0.05, 0.1) is 6.34 Å². The van der Waals surface area contributed by atoms with Gasteiger partial charge in [-0.1, -0.05) is 30.3 Å². The van der Waals surface area contributed by atoms with E-state index in [9.17, 15) is 4.79 Å². The van der Waals surface area contributed by atoms with E-state index in [1.54, 1.807) is 18.4 Å². The molecule has 0 aliphatic carbocycles. The van der Waals surface area contributed by atoms with E-state index < -0.39 is 5.66 Å². The van der Waals surface area contributed by atoms with Crippen molar-refractivity contribution < 1.29 is 4.79 Å². The Bertz CT molecular complexity index is 432. The maximum Gasteiger partial charge on any atom is 0.238 e. The average molecular weight is 199 g/mol. The Morgan fingerprint density at radius 3 is 2.73 bits per heavy atom. The van der Waals surface area contributed by atoms with Crippen LogP contribution in [-0.4, -0.2) is 12.4 Å². The van der Waals surface area contributed by atoms with Crippen molar-refractivity contribution in [3.8, 4) is 0 Å². The van der Waals surface area contributed by atoms with E-state index in [0.717, 1.165) is 5.56 Å². The number of hydrogen-bond acceptors (Lipinski definition) is 4. The van der Waals surface area contributed by atoms with Crippen LogP contribution in [0.1, 0.15) is 5.56 Å². The van der Waals surface area contributed by atoms with E-state index >= 15 is 0 Å². The quantitative estimate of drug-likeness (QED) is 0.577. The van der Waals surface area contributed by atoms with Crippen LogP contribution in [-0.2, 0) is 10.5 Å². The molecule has 0 radical (unpaired) electrons. The van der Waals surface area contributed by atoms with E-state index in [1.165, 1.54) is 6.34 Å². The molecule has 1 aromatic rings. The van der Waals surface area contributed by atoms with Gasteiger partial charge in [0.1, 0.15) is 0 Å². The standard InChI is InChI=1S/C11H9N3O/c15-9-14-11(6-7-12-8-13-11)10-4-2-1-3-5-10/h1-8H,(H,12,13). The van der Waals surface area contributed by atoms with Gasteiger partial charge in [-0.2, -0.15) is 4.99 Å². The predicted octanol–water partition coefficient (Wildman–Crippen LogP) is 1.32. The molecule has 0 saturated heterocycles. The van der Waals surface area contributed by atoms with E-state index in [2.05, 4.69) is 15.3 Å². The van der Waals surface area contributed by atoms with Crippen LogP contribution in [0.4, 0.5) is 0 Å². The zero-order valence-electron chi connectivity index (χ0n) is 7.92. The molecule has 15 heavy (non-hydrogen) atoms. The Labute approximate surface area is 87.1 Å². The molecule has 74 valence electrons. The van der Waals surface area contributed by atoms with E-state index in [1.807, 2.05) is 30.3 Å². The minimum absolute atomic E-state index is 0.836. The van der Waals surface area contributed by atoms with Crippen LogP contribution >= 0.6 is 0 Å². The number of benzene rings is 1. The Balaban J connectivity index is 2.52. The molecule has 0 fully saturated rings. The van der Waals surface area contributed by atoms with Gasteiger partial charge in [-0.25, -0.2) is 9.79 Å². The molecule has 1 unspecified atom stereocenters. The summed E-state index contributed by atoms with van der Waals surface area (Å²) in [5.74, 6) is 0. The molecule has 0 spiro atoms. The third-order valence-electron chi connectivity index (χ3n) is 2.16. The fourth-order valence-electron chi connectivity index (χ4n) is 1.44. The molecule has 1 N–H and O–H groups in total. The summed E-state index contributed by atoms with van der Waals surface area (Å²) in [4.78, 5) is 18.4. The first-order valence-electron chi connectivity index (χ1n) is 4.49. The summed E-state index contributed by atoms with van der Waals surface area (Å²) >= 11 is 0. The lowest BCUT2D eigenvalue weighted by Gasteiger charge is -2.22. The zero-order chi connectivity index (χ0) is 10.6. The fraction of sp³-hybridized carbons (Fsp3) is 0.0909. The van der Waals surface area contributed by atoms with Crippen LogP contribution in [0.25, 0.3) is 0 Å². The third kappa shape index (κ3) is 1.71. The lowest BCUT2D eigenvalue weighted by atomic mass is 10.0. The van der Waals surface area contributed by atoms with Gasteiger partial charge in [-0.3, -0.25) is 0 Å². The van der Waals surface area contributed by atoms with Crippen molar-refractivity contribution >= 4 is 12.4 Å². The molecule has 0 aromatic heterocycles. The topological polar surface area (TPSA) is 53.8 Å². The number of hydrogen-bond donors (Lipinski definition) is 1. The molecule has 2 rings (SSSR count). The number of nitrogens with zero attached hydrogens (tertiary/aromatic N) is 2. The second-order valence-electron chi connectivity index (χ2n) is 3.05. The lowest BCUT2D eigenvalue weighted by Crippen LogP contribution is -2.24. The van der Waals surface area contributed by atoms with Crippen molar-refractivity contribution in [1.29, 1.82) is 0 Å². The molecule has 0 bridgehead atoms. The number of aliphatic imine (C=N–C) groups is 2. The van der Waals surface area contributed by atoms with E-state index in [4.69, 9.17) is 0 Å². The molecule has 0 saturated carbocycles. The monoisotopic (exact) mass is 199 g/mol. The van der Waals surface area contributed by atoms with Gasteiger partial charge in [0.25, 0.3) is 0 Å². The molecule has 1 aromatic carbocycles. The summed E-state index contributed by atoms with van der Waals surface area (Å²) in [6.45, 7) is 0. The molecule has 4 nitrogen and oxygen atoms in total. The highest BCUT2D eigenvalue weighted by atomic mass is 16.1. The van der Waals surface area contributed by atoms with Crippen molar-refractivity contribution in [2.75, 3.05) is 0 Å². The number of carbonyl (C=O) groups excluding carboxylic acids is 1. The van der Waals surface area contributed by atoms with Gasteiger partial charge in [-0.15, -0.1) is 0 Å². The maximum atomic E-state index is 10.4. The Morgan fingerprint density at radius 2 is 2.13 bits per heavy atom. The number of isocyanates is 1. The first-order valence-corrected chi connectivity index (χ1v) is 4.49. The van der Waals surface area contributed by atoms with Gasteiger partial charge in [0, 0.05) is 11.8 Å². The van der Waals surface area contributed by atoms with Gasteiger partial charge >= 0.3 is 0 Å². The molecule has 1 atom stereocenters. The second-order valence-corrected chi connectivity index (χ2v) is 3.05. The van der Waals surface area contributed by atoms with Gasteiger partial charge in [0.2, 0.25) is 11.7 Å². The summed E-state index contributed by atoms with van der Waals surface area (Å²) in [5, 5.41) is 2.81. The average Bonchev–Trinajstić information content (AvgIpc) is 2.32. The first kappa shape index (κ1) is 9.37. The second kappa shape index (κ2) is 3.90. The maximum absolute atomic E-state index is 10.4. The molecule has 4 heteroatoms. The summed E-state index contributed by atoms with van der Waals surface area (Å²) in [6.07, 6.45) is 6.48. The molecule has 0 amide bonds. The molecule has 1 heterocycles. The summed E-state index contributed by atoms with van der Waals surface area (Å²) in [5.41, 5.74) is -0.115. The molecule has 1 aliphatic heterocycles. The lowest BCUT2D eigenvalue weighted by molar-refractivity contribution is 0.537. The Hall–Kier alpha value is -2.19. The highest BCUT2D eigenvalue weighted by molar-refractivity contribution is 5.60. The highest BCUT2D eigenvalue weighted by Crippen LogP contribution is 2.29. The third-order valence-corrected chi connectivity index (χ3v) is 2.16. The van der Waals surface area contributed by atoms with Crippen LogP contribution in [0.3, 0.4) is 0 Å². The minimum Gasteiger partial charge on any atom is -0.353 e. The van der Waals surface area contributed by atoms with Gasteiger partial charge in [-0.05, 0) is 6.08 Å². The summed E-state index contributed by atoms with van der Waals surface area (Å²) in [6, 6.07) is 9.39. The molecular formula is C11H9N3O. The SMILES string of the molecule is O=C=NC1(c2ccccc2)C=CNC=N1. The van der Waals surface area contributed by atoms with Crippen LogP contribution in [0.15, 0.2) is 52.6 Å².